The van der Waals surface area contributed by atoms with Crippen molar-refractivity contribution in [1.29, 1.82) is 0 Å². The molecule has 1 aliphatic rings. The Kier molecular flexibility index (Phi) is 4.62. The molecule has 1 aliphatic heterocycles. The van der Waals surface area contributed by atoms with Crippen molar-refractivity contribution in [2.75, 3.05) is 18.0 Å². The smallest absolute Gasteiger partial charge is 0.128 e. The third-order valence-corrected chi connectivity index (χ3v) is 4.15. The number of anilines is 1. The number of pyridine rings is 1. The summed E-state index contributed by atoms with van der Waals surface area (Å²) in [6.45, 7) is 15.5. The molecule has 0 radical (unpaired) electrons. The van der Waals surface area contributed by atoms with E-state index < -0.39 is 0 Å². The number of hydrogen-bond donors (Lipinski definition) is 1. The average molecular weight is 289 g/mol. The number of aromatic nitrogens is 1. The molecule has 0 saturated carbocycles. The Morgan fingerprint density at radius 1 is 1.19 bits per heavy atom. The summed E-state index contributed by atoms with van der Waals surface area (Å²) < 4.78 is 0. The summed E-state index contributed by atoms with van der Waals surface area (Å²) in [5, 5.41) is 3.63. The molecule has 0 aliphatic carbocycles. The Bertz CT molecular complexity index is 451. The molecule has 3 nitrogen and oxygen atoms in total. The minimum atomic E-state index is 0.170. The number of rotatable bonds is 3. The third kappa shape index (κ3) is 4.44. The van der Waals surface area contributed by atoms with Crippen molar-refractivity contribution in [3.63, 3.8) is 0 Å². The Morgan fingerprint density at radius 2 is 1.90 bits per heavy atom. The van der Waals surface area contributed by atoms with E-state index in [4.69, 9.17) is 4.98 Å². The largest absolute Gasteiger partial charge is 0.352 e. The van der Waals surface area contributed by atoms with Crippen LogP contribution in [0.5, 0.6) is 0 Å². The van der Waals surface area contributed by atoms with Crippen LogP contribution < -0.4 is 10.2 Å². The maximum absolute atomic E-state index is 4.72. The molecule has 118 valence electrons. The maximum Gasteiger partial charge on any atom is 0.128 e. The van der Waals surface area contributed by atoms with Crippen molar-refractivity contribution >= 4 is 5.82 Å². The Labute approximate surface area is 130 Å². The normalized spacial score (nSPS) is 20.1. The number of nitrogens with one attached hydrogen (secondary N) is 1. The zero-order valence-corrected chi connectivity index (χ0v) is 14.5. The second-order valence-corrected chi connectivity index (χ2v) is 8.28. The van der Waals surface area contributed by atoms with Crippen molar-refractivity contribution in [3.05, 3.63) is 23.9 Å². The van der Waals surface area contributed by atoms with Gasteiger partial charge < -0.3 is 10.2 Å². The fourth-order valence-electron chi connectivity index (χ4n) is 2.77. The zero-order valence-electron chi connectivity index (χ0n) is 14.5. The van der Waals surface area contributed by atoms with Crippen molar-refractivity contribution in [2.24, 2.45) is 0 Å². The van der Waals surface area contributed by atoms with Gasteiger partial charge in [-0.05, 0) is 50.7 Å². The van der Waals surface area contributed by atoms with Gasteiger partial charge in [-0.2, -0.15) is 0 Å². The van der Waals surface area contributed by atoms with Crippen molar-refractivity contribution in [1.82, 2.24) is 10.3 Å². The van der Waals surface area contributed by atoms with Crippen LogP contribution in [-0.2, 0) is 5.41 Å². The van der Waals surface area contributed by atoms with E-state index in [1.807, 2.05) is 6.20 Å². The molecule has 1 N–H and O–H groups in total. The van der Waals surface area contributed by atoms with Gasteiger partial charge in [-0.15, -0.1) is 0 Å². The highest BCUT2D eigenvalue weighted by molar-refractivity contribution is 5.43. The lowest BCUT2D eigenvalue weighted by atomic mass is 9.88. The first-order chi connectivity index (χ1) is 9.67. The summed E-state index contributed by atoms with van der Waals surface area (Å²) in [6, 6.07) is 4.99. The highest BCUT2D eigenvalue weighted by Crippen LogP contribution is 2.27. The molecular weight excluding hydrogens is 258 g/mol. The summed E-state index contributed by atoms with van der Waals surface area (Å²) in [5.74, 6) is 1.13. The van der Waals surface area contributed by atoms with Crippen LogP contribution in [0.25, 0.3) is 0 Å². The van der Waals surface area contributed by atoms with Crippen LogP contribution in [0.1, 0.15) is 59.9 Å². The van der Waals surface area contributed by atoms with Crippen LogP contribution in [-0.4, -0.2) is 29.7 Å². The second-order valence-electron chi connectivity index (χ2n) is 8.28. The molecule has 1 aromatic heterocycles. The second kappa shape index (κ2) is 5.96. The van der Waals surface area contributed by atoms with Gasteiger partial charge in [0.2, 0.25) is 0 Å². The number of nitrogens with zero attached hydrogens (tertiary/aromatic N) is 2. The summed E-state index contributed by atoms with van der Waals surface area (Å²) >= 11 is 0. The van der Waals surface area contributed by atoms with Gasteiger partial charge in [0, 0.05) is 30.9 Å². The van der Waals surface area contributed by atoms with Gasteiger partial charge in [-0.25, -0.2) is 4.98 Å². The fourth-order valence-corrected chi connectivity index (χ4v) is 2.77. The first kappa shape index (κ1) is 16.3. The molecule has 1 fully saturated rings. The first-order valence-electron chi connectivity index (χ1n) is 8.15. The van der Waals surface area contributed by atoms with Crippen LogP contribution in [0.3, 0.4) is 0 Å². The quantitative estimate of drug-likeness (QED) is 0.919. The Balaban J connectivity index is 2.06. The highest BCUT2D eigenvalue weighted by atomic mass is 15.2. The molecule has 21 heavy (non-hydrogen) atoms. The van der Waals surface area contributed by atoms with E-state index in [2.05, 4.69) is 63.9 Å². The fraction of sp³-hybridized carbons (Fsp3) is 0.722. The lowest BCUT2D eigenvalue weighted by molar-refractivity contribution is 0.404. The van der Waals surface area contributed by atoms with E-state index in [0.717, 1.165) is 18.9 Å². The molecule has 0 bridgehead atoms. The van der Waals surface area contributed by atoms with Crippen LogP contribution in [0.15, 0.2) is 18.3 Å². The number of hydrogen-bond acceptors (Lipinski definition) is 3. The summed E-state index contributed by atoms with van der Waals surface area (Å²) in [7, 11) is 0. The summed E-state index contributed by atoms with van der Waals surface area (Å²) in [5.41, 5.74) is 1.65. The van der Waals surface area contributed by atoms with Crippen LogP contribution in [0.4, 0.5) is 5.82 Å². The van der Waals surface area contributed by atoms with E-state index >= 15 is 0 Å². The van der Waals surface area contributed by atoms with Gasteiger partial charge in [0.05, 0.1) is 0 Å². The SMILES string of the molecule is CC(C)(C)NCC1CCCN1c1ccc(C(C)(C)C)cn1. The lowest BCUT2D eigenvalue weighted by Gasteiger charge is -2.30. The van der Waals surface area contributed by atoms with Gasteiger partial charge in [-0.3, -0.25) is 0 Å². The zero-order chi connectivity index (χ0) is 15.7. The van der Waals surface area contributed by atoms with Gasteiger partial charge >= 0.3 is 0 Å². The molecule has 1 saturated heterocycles. The first-order valence-corrected chi connectivity index (χ1v) is 8.15. The van der Waals surface area contributed by atoms with Crippen LogP contribution in [0.2, 0.25) is 0 Å². The molecule has 0 spiro atoms. The van der Waals surface area contributed by atoms with E-state index in [0.29, 0.717) is 6.04 Å². The minimum Gasteiger partial charge on any atom is -0.352 e. The maximum atomic E-state index is 4.72. The van der Waals surface area contributed by atoms with E-state index in [-0.39, 0.29) is 11.0 Å². The monoisotopic (exact) mass is 289 g/mol. The van der Waals surface area contributed by atoms with Gasteiger partial charge in [0.25, 0.3) is 0 Å². The highest BCUT2D eigenvalue weighted by Gasteiger charge is 2.27. The Hall–Kier alpha value is -1.09. The van der Waals surface area contributed by atoms with E-state index in [9.17, 15) is 0 Å². The van der Waals surface area contributed by atoms with Crippen molar-refractivity contribution < 1.29 is 0 Å². The van der Waals surface area contributed by atoms with Crippen LogP contribution >= 0.6 is 0 Å². The predicted molar refractivity (Wildman–Crippen MR) is 91.1 cm³/mol. The molecule has 2 rings (SSSR count). The third-order valence-electron chi connectivity index (χ3n) is 4.15. The van der Waals surface area contributed by atoms with Crippen molar-refractivity contribution in [3.8, 4) is 0 Å². The van der Waals surface area contributed by atoms with Gasteiger partial charge in [-0.1, -0.05) is 26.8 Å². The average Bonchev–Trinajstić information content (AvgIpc) is 2.83. The lowest BCUT2D eigenvalue weighted by Crippen LogP contribution is -2.45. The van der Waals surface area contributed by atoms with E-state index in [1.54, 1.807) is 0 Å². The summed E-state index contributed by atoms with van der Waals surface area (Å²) in [6.07, 6.45) is 4.56. The van der Waals surface area contributed by atoms with Crippen molar-refractivity contribution in [2.45, 2.75) is 71.4 Å². The molecule has 3 heteroatoms. The molecule has 1 atom stereocenters. The molecule has 2 heterocycles. The predicted octanol–water partition coefficient (Wildman–Crippen LogP) is 3.74. The molecule has 0 amide bonds. The van der Waals surface area contributed by atoms with E-state index in [1.165, 1.54) is 18.4 Å². The van der Waals surface area contributed by atoms with Gasteiger partial charge in [0.1, 0.15) is 5.82 Å². The molecule has 0 aromatic carbocycles. The topological polar surface area (TPSA) is 28.2 Å². The molecule has 1 aromatic rings. The molecular formula is C18H31N3. The Morgan fingerprint density at radius 3 is 2.43 bits per heavy atom. The molecule has 1 unspecified atom stereocenters. The standard InChI is InChI=1S/C18H31N3/c1-17(2,3)14-9-10-16(19-12-14)21-11-7-8-15(21)13-20-18(4,5)6/h9-10,12,15,20H,7-8,11,13H2,1-6H3. The summed E-state index contributed by atoms with van der Waals surface area (Å²) in [4.78, 5) is 7.18. The van der Waals surface area contributed by atoms with Gasteiger partial charge in [0.15, 0.2) is 0 Å². The minimum absolute atomic E-state index is 0.170. The van der Waals surface area contributed by atoms with Crippen LogP contribution in [0, 0.1) is 0 Å².